The topological polar surface area (TPSA) is 69.4 Å². The minimum Gasteiger partial charge on any atom is -0.330 e. The van der Waals surface area contributed by atoms with Crippen molar-refractivity contribution in [3.05, 3.63) is 12.7 Å². The van der Waals surface area contributed by atoms with Gasteiger partial charge in [0.15, 0.2) is 0 Å². The molecule has 0 aliphatic heterocycles. The molecule has 0 heterocycles. The molecule has 0 rings (SSSR count). The summed E-state index contributed by atoms with van der Waals surface area (Å²) in [6, 6.07) is 0. The molecule has 0 aromatic carbocycles. The van der Waals surface area contributed by atoms with Gasteiger partial charge in [0.05, 0.1) is 12.4 Å². The van der Waals surface area contributed by atoms with Crippen LogP contribution in [0.3, 0.4) is 0 Å². The normalized spacial score (nSPS) is 10.4. The molecular formula is C11H25NO3S. The third kappa shape index (κ3) is 16.1. The van der Waals surface area contributed by atoms with Crippen LogP contribution < -0.4 is 5.73 Å². The largest absolute Gasteiger partial charge is 0.330 e. The van der Waals surface area contributed by atoms with Gasteiger partial charge in [-0.25, -0.2) is 0 Å². The average Bonchev–Trinajstić information content (AvgIpc) is 2.27. The smallest absolute Gasteiger partial charge is 0.267 e. The molecule has 16 heavy (non-hydrogen) atoms. The van der Waals surface area contributed by atoms with Crippen molar-refractivity contribution >= 4 is 10.1 Å². The summed E-state index contributed by atoms with van der Waals surface area (Å²) in [5, 5.41) is 0. The molecule has 0 spiro atoms. The van der Waals surface area contributed by atoms with Crippen molar-refractivity contribution in [2.24, 2.45) is 5.73 Å². The summed E-state index contributed by atoms with van der Waals surface area (Å²) in [7, 11) is -3.29. The van der Waals surface area contributed by atoms with E-state index in [0.717, 1.165) is 25.8 Å². The first-order chi connectivity index (χ1) is 7.54. The maximum Gasteiger partial charge on any atom is 0.267 e. The van der Waals surface area contributed by atoms with Gasteiger partial charge in [-0.2, -0.15) is 8.42 Å². The third-order valence-corrected chi connectivity index (χ3v) is 2.94. The Kier molecular flexibility index (Phi) is 14.3. The highest BCUT2D eigenvalue weighted by Crippen LogP contribution is 2.01. The van der Waals surface area contributed by atoms with Gasteiger partial charge in [-0.15, -0.1) is 6.58 Å². The Balaban J connectivity index is 0. The fraction of sp³-hybridized carbons (Fsp3) is 0.818. The fourth-order valence-corrected chi connectivity index (χ4v) is 1.72. The van der Waals surface area contributed by atoms with Crippen molar-refractivity contribution in [3.63, 3.8) is 0 Å². The van der Waals surface area contributed by atoms with E-state index in [2.05, 4.69) is 17.7 Å². The van der Waals surface area contributed by atoms with E-state index >= 15 is 0 Å². The van der Waals surface area contributed by atoms with Crippen LogP contribution in [-0.4, -0.2) is 27.3 Å². The quantitative estimate of drug-likeness (QED) is 0.407. The number of rotatable bonds is 8. The van der Waals surface area contributed by atoms with Crippen LogP contribution in [0.15, 0.2) is 12.7 Å². The van der Waals surface area contributed by atoms with Crippen LogP contribution in [0.5, 0.6) is 0 Å². The van der Waals surface area contributed by atoms with Crippen molar-refractivity contribution in [2.75, 3.05) is 18.9 Å². The minimum atomic E-state index is -3.29. The summed E-state index contributed by atoms with van der Waals surface area (Å²) < 4.78 is 26.6. The number of nitrogens with two attached hydrogens (primary N) is 1. The Labute approximate surface area is 100.0 Å². The molecule has 0 saturated heterocycles. The third-order valence-electron chi connectivity index (χ3n) is 1.65. The predicted molar refractivity (Wildman–Crippen MR) is 68.8 cm³/mol. The first kappa shape index (κ1) is 18.0. The molecule has 4 nitrogen and oxygen atoms in total. The Morgan fingerprint density at radius 2 is 1.81 bits per heavy atom. The molecule has 2 N–H and O–H groups in total. The van der Waals surface area contributed by atoms with Crippen molar-refractivity contribution in [1.82, 2.24) is 0 Å². The Bertz CT molecular complexity index is 236. The van der Waals surface area contributed by atoms with E-state index in [9.17, 15) is 8.42 Å². The lowest BCUT2D eigenvalue weighted by Gasteiger charge is -2.01. The summed E-state index contributed by atoms with van der Waals surface area (Å²) in [6.45, 7) is 8.35. The molecule has 5 heteroatoms. The molecule has 0 aromatic rings. The zero-order chi connectivity index (χ0) is 12.9. The molecule has 0 amide bonds. The van der Waals surface area contributed by atoms with Gasteiger partial charge in [0.25, 0.3) is 10.1 Å². The molecule has 0 unspecified atom stereocenters. The average molecular weight is 251 g/mol. The molecule has 0 aliphatic carbocycles. The monoisotopic (exact) mass is 251 g/mol. The van der Waals surface area contributed by atoms with Gasteiger partial charge in [0, 0.05) is 0 Å². The molecule has 0 bridgehead atoms. The molecule has 0 atom stereocenters. The maximum atomic E-state index is 11.0. The Hall–Kier alpha value is -0.390. The zero-order valence-corrected chi connectivity index (χ0v) is 11.3. The molecule has 0 aromatic heterocycles. The van der Waals surface area contributed by atoms with Gasteiger partial charge in [-0.3, -0.25) is 4.18 Å². The second-order valence-electron chi connectivity index (χ2n) is 3.33. The predicted octanol–water partition coefficient (Wildman–Crippen LogP) is 2.06. The Morgan fingerprint density at radius 1 is 1.25 bits per heavy atom. The SMILES string of the molecule is C=CCOS(=O)(=O)CCCCC.CCCN. The van der Waals surface area contributed by atoms with E-state index in [0.29, 0.717) is 6.42 Å². The summed E-state index contributed by atoms with van der Waals surface area (Å²) in [6.07, 6.45) is 5.14. The van der Waals surface area contributed by atoms with Crippen LogP contribution in [0.1, 0.15) is 39.5 Å². The van der Waals surface area contributed by atoms with E-state index in [1.54, 1.807) is 0 Å². The molecule has 0 fully saturated rings. The van der Waals surface area contributed by atoms with E-state index < -0.39 is 10.1 Å². The summed E-state index contributed by atoms with van der Waals surface area (Å²) in [5.41, 5.74) is 5.03. The second kappa shape index (κ2) is 12.7. The highest BCUT2D eigenvalue weighted by Gasteiger charge is 2.08. The van der Waals surface area contributed by atoms with Crippen LogP contribution in [0, 0.1) is 0 Å². The molecular weight excluding hydrogens is 226 g/mol. The minimum absolute atomic E-state index is 0.0778. The summed E-state index contributed by atoms with van der Waals surface area (Å²) in [5.74, 6) is 0.120. The van der Waals surface area contributed by atoms with Crippen LogP contribution in [0.25, 0.3) is 0 Å². The Morgan fingerprint density at radius 3 is 2.19 bits per heavy atom. The molecule has 0 aliphatic rings. The maximum absolute atomic E-state index is 11.0. The van der Waals surface area contributed by atoms with Crippen molar-refractivity contribution in [2.45, 2.75) is 39.5 Å². The lowest BCUT2D eigenvalue weighted by Crippen LogP contribution is -2.10. The van der Waals surface area contributed by atoms with E-state index in [1.165, 1.54) is 6.08 Å². The number of hydrogen-bond acceptors (Lipinski definition) is 4. The molecule has 0 saturated carbocycles. The van der Waals surface area contributed by atoms with Gasteiger partial charge in [0.1, 0.15) is 0 Å². The zero-order valence-electron chi connectivity index (χ0n) is 10.4. The lowest BCUT2D eigenvalue weighted by atomic mass is 10.3. The van der Waals surface area contributed by atoms with Gasteiger partial charge < -0.3 is 5.73 Å². The molecule has 0 radical (unpaired) electrons. The highest BCUT2D eigenvalue weighted by molar-refractivity contribution is 7.86. The van der Waals surface area contributed by atoms with Gasteiger partial charge in [-0.1, -0.05) is 32.8 Å². The second-order valence-corrected chi connectivity index (χ2v) is 5.09. The first-order valence-electron chi connectivity index (χ1n) is 5.72. The highest BCUT2D eigenvalue weighted by atomic mass is 32.2. The van der Waals surface area contributed by atoms with Crippen molar-refractivity contribution < 1.29 is 12.6 Å². The van der Waals surface area contributed by atoms with Gasteiger partial charge in [-0.05, 0) is 19.4 Å². The summed E-state index contributed by atoms with van der Waals surface area (Å²) >= 11 is 0. The lowest BCUT2D eigenvalue weighted by molar-refractivity contribution is 0.356. The first-order valence-corrected chi connectivity index (χ1v) is 7.29. The van der Waals surface area contributed by atoms with E-state index in [1.807, 2.05) is 6.92 Å². The van der Waals surface area contributed by atoms with Crippen LogP contribution >= 0.6 is 0 Å². The van der Waals surface area contributed by atoms with Crippen LogP contribution in [-0.2, 0) is 14.3 Å². The van der Waals surface area contributed by atoms with E-state index in [4.69, 9.17) is 5.73 Å². The standard InChI is InChI=1S/C8H16O3S.C3H9N/c1-3-5-6-8-12(9,10)11-7-4-2;1-2-3-4/h4H,2-3,5-8H2,1H3;2-4H2,1H3. The molecule has 98 valence electrons. The number of hydrogen-bond donors (Lipinski definition) is 1. The van der Waals surface area contributed by atoms with Gasteiger partial charge in [0.2, 0.25) is 0 Å². The van der Waals surface area contributed by atoms with E-state index in [-0.39, 0.29) is 12.4 Å². The van der Waals surface area contributed by atoms with Crippen LogP contribution in [0.2, 0.25) is 0 Å². The van der Waals surface area contributed by atoms with Gasteiger partial charge >= 0.3 is 0 Å². The van der Waals surface area contributed by atoms with Crippen LogP contribution in [0.4, 0.5) is 0 Å². The number of unbranched alkanes of at least 4 members (excludes halogenated alkanes) is 2. The van der Waals surface area contributed by atoms with Crippen molar-refractivity contribution in [1.29, 1.82) is 0 Å². The van der Waals surface area contributed by atoms with Crippen molar-refractivity contribution in [3.8, 4) is 0 Å². The summed E-state index contributed by atoms with van der Waals surface area (Å²) in [4.78, 5) is 0. The fourth-order valence-electron chi connectivity index (χ4n) is 0.740.